The van der Waals surface area contributed by atoms with Gasteiger partial charge in [-0.3, -0.25) is 4.79 Å². The minimum absolute atomic E-state index is 0.346. The molecule has 0 bridgehead atoms. The second-order valence-corrected chi connectivity index (χ2v) is 4.21. The molecule has 16 heavy (non-hydrogen) atoms. The lowest BCUT2D eigenvalue weighted by Gasteiger charge is -2.26. The van der Waals surface area contributed by atoms with Gasteiger partial charge in [0.05, 0.1) is 14.2 Å². The summed E-state index contributed by atoms with van der Waals surface area (Å²) in [7, 11) is 3.26. The molecule has 1 fully saturated rings. The van der Waals surface area contributed by atoms with Crippen LogP contribution in [0.1, 0.15) is 29.9 Å². The lowest BCUT2D eigenvalue weighted by Crippen LogP contribution is -2.21. The van der Waals surface area contributed by atoms with Crippen LogP contribution < -0.4 is 9.47 Å². The summed E-state index contributed by atoms with van der Waals surface area (Å²) >= 11 is 0. The Morgan fingerprint density at radius 3 is 2.19 bits per heavy atom. The van der Waals surface area contributed by atoms with Gasteiger partial charge in [-0.25, -0.2) is 0 Å². The van der Waals surface area contributed by atoms with Crippen LogP contribution in [0.2, 0.25) is 0 Å². The average Bonchev–Trinajstić information content (AvgIpc) is 2.25. The van der Waals surface area contributed by atoms with Crippen molar-refractivity contribution in [3.8, 4) is 11.5 Å². The first-order valence-electron chi connectivity index (χ1n) is 5.40. The smallest absolute Gasteiger partial charge is 0.161 e. The van der Waals surface area contributed by atoms with Crippen LogP contribution >= 0.6 is 0 Å². The van der Waals surface area contributed by atoms with Crippen molar-refractivity contribution in [2.75, 3.05) is 14.2 Å². The number of benzene rings is 1. The number of hydrogen-bond donors (Lipinski definition) is 0. The normalized spacial score (nSPS) is 15.8. The van der Waals surface area contributed by atoms with E-state index in [0.717, 1.165) is 17.1 Å². The summed E-state index contributed by atoms with van der Waals surface area (Å²) in [6, 6.07) is 3.96. The number of carbonyl (C=O) groups excluding carboxylic acids is 1. The maximum atomic E-state index is 11.0. The monoisotopic (exact) mass is 220 g/mol. The molecule has 1 aromatic rings. The minimum atomic E-state index is 0.346. The van der Waals surface area contributed by atoms with E-state index in [2.05, 4.69) is 0 Å². The molecule has 1 aromatic carbocycles. The Balaban J connectivity index is 2.35. The van der Waals surface area contributed by atoms with E-state index in [-0.39, 0.29) is 0 Å². The van der Waals surface area contributed by atoms with Crippen molar-refractivity contribution in [3.63, 3.8) is 0 Å². The molecule has 0 heterocycles. The zero-order chi connectivity index (χ0) is 11.7. The van der Waals surface area contributed by atoms with E-state index in [1.54, 1.807) is 14.2 Å². The molecule has 0 unspecified atom stereocenters. The van der Waals surface area contributed by atoms with Gasteiger partial charge in [0.2, 0.25) is 0 Å². The van der Waals surface area contributed by atoms with Crippen LogP contribution in [0.15, 0.2) is 12.1 Å². The predicted molar refractivity (Wildman–Crippen MR) is 61.3 cm³/mol. The average molecular weight is 220 g/mol. The van der Waals surface area contributed by atoms with E-state index >= 15 is 0 Å². The molecule has 3 heteroatoms. The van der Waals surface area contributed by atoms with Crippen molar-refractivity contribution < 1.29 is 14.3 Å². The van der Waals surface area contributed by atoms with Gasteiger partial charge in [0.25, 0.3) is 0 Å². The van der Waals surface area contributed by atoms with E-state index in [4.69, 9.17) is 9.47 Å². The summed E-state index contributed by atoms with van der Waals surface area (Å²) < 4.78 is 10.5. The van der Waals surface area contributed by atoms with Crippen LogP contribution in [0.3, 0.4) is 0 Å². The van der Waals surface area contributed by atoms with Crippen LogP contribution in [-0.4, -0.2) is 20.0 Å². The van der Waals surface area contributed by atoms with Crippen molar-refractivity contribution in [1.29, 1.82) is 0 Å². The standard InChI is InChI=1S/C13H16O3/c1-8-4-12(15-2)13(16-3)7-11(8)9-5-10(14)6-9/h4,7,9H,5-6H2,1-3H3. The van der Waals surface area contributed by atoms with Gasteiger partial charge in [0.1, 0.15) is 5.78 Å². The molecule has 0 aromatic heterocycles. The number of hydrogen-bond acceptors (Lipinski definition) is 3. The van der Waals surface area contributed by atoms with Crippen LogP contribution in [0.5, 0.6) is 11.5 Å². The lowest BCUT2D eigenvalue weighted by atomic mass is 9.77. The minimum Gasteiger partial charge on any atom is -0.493 e. The Hall–Kier alpha value is -1.51. The Kier molecular flexibility index (Phi) is 2.86. The molecular formula is C13H16O3. The number of ether oxygens (including phenoxy) is 2. The predicted octanol–water partition coefficient (Wildman–Crippen LogP) is 2.46. The van der Waals surface area contributed by atoms with Crippen molar-refractivity contribution >= 4 is 5.78 Å². The Labute approximate surface area is 95.4 Å². The largest absolute Gasteiger partial charge is 0.493 e. The van der Waals surface area contributed by atoms with Crippen molar-refractivity contribution in [2.45, 2.75) is 25.7 Å². The number of rotatable bonds is 3. The third kappa shape index (κ3) is 1.77. The van der Waals surface area contributed by atoms with Crippen LogP contribution in [0, 0.1) is 6.92 Å². The maximum absolute atomic E-state index is 11.0. The van der Waals surface area contributed by atoms with Gasteiger partial charge in [0, 0.05) is 12.8 Å². The molecule has 86 valence electrons. The third-order valence-electron chi connectivity index (χ3n) is 3.16. The summed E-state index contributed by atoms with van der Waals surface area (Å²) in [6.45, 7) is 2.04. The summed E-state index contributed by atoms with van der Waals surface area (Å²) in [4.78, 5) is 11.0. The van der Waals surface area contributed by atoms with Gasteiger partial charge in [-0.1, -0.05) is 0 Å². The first kappa shape index (κ1) is 11.0. The molecule has 1 saturated carbocycles. The molecule has 1 aliphatic rings. The van der Waals surface area contributed by atoms with E-state index < -0.39 is 0 Å². The zero-order valence-electron chi connectivity index (χ0n) is 9.87. The van der Waals surface area contributed by atoms with Crippen LogP contribution in [0.4, 0.5) is 0 Å². The van der Waals surface area contributed by atoms with Crippen molar-refractivity contribution in [3.05, 3.63) is 23.3 Å². The van der Waals surface area contributed by atoms with Crippen LogP contribution in [-0.2, 0) is 4.79 Å². The summed E-state index contributed by atoms with van der Waals surface area (Å²) in [5, 5.41) is 0. The highest BCUT2D eigenvalue weighted by molar-refractivity contribution is 5.86. The number of methoxy groups -OCH3 is 2. The Bertz CT molecular complexity index is 415. The van der Waals surface area contributed by atoms with Crippen LogP contribution in [0.25, 0.3) is 0 Å². The molecule has 3 nitrogen and oxygen atoms in total. The maximum Gasteiger partial charge on any atom is 0.161 e. The van der Waals surface area contributed by atoms with Crippen molar-refractivity contribution in [2.24, 2.45) is 0 Å². The quantitative estimate of drug-likeness (QED) is 0.785. The molecule has 0 N–H and O–H groups in total. The van der Waals surface area contributed by atoms with Gasteiger partial charge < -0.3 is 9.47 Å². The molecular weight excluding hydrogens is 204 g/mol. The fraction of sp³-hybridized carbons (Fsp3) is 0.462. The first-order chi connectivity index (χ1) is 7.65. The van der Waals surface area contributed by atoms with Gasteiger partial charge in [-0.05, 0) is 36.1 Å². The van der Waals surface area contributed by atoms with E-state index in [1.165, 1.54) is 5.56 Å². The highest BCUT2D eigenvalue weighted by Crippen LogP contribution is 2.40. The van der Waals surface area contributed by atoms with E-state index in [9.17, 15) is 4.79 Å². The summed E-state index contributed by atoms with van der Waals surface area (Å²) in [5.41, 5.74) is 2.37. The second kappa shape index (κ2) is 4.16. The molecule has 0 aliphatic heterocycles. The topological polar surface area (TPSA) is 35.5 Å². The summed E-state index contributed by atoms with van der Waals surface area (Å²) in [5.74, 6) is 2.20. The van der Waals surface area contributed by atoms with E-state index in [0.29, 0.717) is 24.5 Å². The number of carbonyl (C=O) groups is 1. The zero-order valence-corrected chi connectivity index (χ0v) is 9.87. The van der Waals surface area contributed by atoms with Gasteiger partial charge in [0.15, 0.2) is 11.5 Å². The molecule has 0 radical (unpaired) electrons. The lowest BCUT2D eigenvalue weighted by molar-refractivity contribution is -0.124. The molecule has 0 amide bonds. The molecule has 0 atom stereocenters. The van der Waals surface area contributed by atoms with Gasteiger partial charge >= 0.3 is 0 Å². The highest BCUT2D eigenvalue weighted by atomic mass is 16.5. The number of aryl methyl sites for hydroxylation is 1. The SMILES string of the molecule is COc1cc(C)c(C2CC(=O)C2)cc1OC. The fourth-order valence-corrected chi connectivity index (χ4v) is 2.15. The summed E-state index contributed by atoms with van der Waals surface area (Å²) in [6.07, 6.45) is 1.33. The van der Waals surface area contributed by atoms with E-state index in [1.807, 2.05) is 19.1 Å². The molecule has 2 rings (SSSR count). The Morgan fingerprint density at radius 2 is 1.69 bits per heavy atom. The third-order valence-corrected chi connectivity index (χ3v) is 3.16. The second-order valence-electron chi connectivity index (χ2n) is 4.21. The number of ketones is 1. The molecule has 0 spiro atoms. The highest BCUT2D eigenvalue weighted by Gasteiger charge is 2.29. The molecule has 1 aliphatic carbocycles. The van der Waals surface area contributed by atoms with Gasteiger partial charge in [-0.15, -0.1) is 0 Å². The Morgan fingerprint density at radius 1 is 1.12 bits per heavy atom. The number of Topliss-reactive ketones (excluding diaryl/α,β-unsaturated/α-hetero) is 1. The van der Waals surface area contributed by atoms with Crippen molar-refractivity contribution in [1.82, 2.24) is 0 Å². The first-order valence-corrected chi connectivity index (χ1v) is 5.40. The fourth-order valence-electron chi connectivity index (χ4n) is 2.15. The molecule has 0 saturated heterocycles. The van der Waals surface area contributed by atoms with Gasteiger partial charge in [-0.2, -0.15) is 0 Å².